The van der Waals surface area contributed by atoms with Gasteiger partial charge in [0.15, 0.2) is 0 Å². The third-order valence-corrected chi connectivity index (χ3v) is 4.08. The standard InChI is InChI=1S/C16H16N4O2S/c1-3-22-16(21)20-13-5-4-11(8-10(13)2)19-14-12-6-7-23-15(12)18-9-17-14/h4-9H,3H2,1-2H3,(H,20,21)(H,17,18,19). The average Bonchev–Trinajstić information content (AvgIpc) is 3.00. The molecule has 0 spiro atoms. The Morgan fingerprint density at radius 2 is 2.17 bits per heavy atom. The van der Waals surface area contributed by atoms with E-state index in [-0.39, 0.29) is 0 Å². The van der Waals surface area contributed by atoms with E-state index in [1.165, 1.54) is 0 Å². The van der Waals surface area contributed by atoms with Crippen LogP contribution in [0.25, 0.3) is 10.2 Å². The van der Waals surface area contributed by atoms with Crippen molar-refractivity contribution in [2.24, 2.45) is 0 Å². The van der Waals surface area contributed by atoms with E-state index in [0.29, 0.717) is 6.61 Å². The summed E-state index contributed by atoms with van der Waals surface area (Å²) in [6, 6.07) is 7.66. The molecule has 3 rings (SSSR count). The van der Waals surface area contributed by atoms with Gasteiger partial charge in [-0.05, 0) is 49.1 Å². The molecule has 0 unspecified atom stereocenters. The van der Waals surface area contributed by atoms with E-state index in [2.05, 4.69) is 20.6 Å². The van der Waals surface area contributed by atoms with Crippen LogP contribution < -0.4 is 10.6 Å². The van der Waals surface area contributed by atoms with Crippen molar-refractivity contribution < 1.29 is 9.53 Å². The Morgan fingerprint density at radius 3 is 2.96 bits per heavy atom. The predicted octanol–water partition coefficient (Wildman–Crippen LogP) is 4.31. The fraction of sp³-hybridized carbons (Fsp3) is 0.188. The number of nitrogens with zero attached hydrogens (tertiary/aromatic N) is 2. The van der Waals surface area contributed by atoms with Crippen LogP contribution in [0.5, 0.6) is 0 Å². The zero-order valence-corrected chi connectivity index (χ0v) is 13.6. The van der Waals surface area contributed by atoms with Crippen LogP contribution in [-0.2, 0) is 4.74 Å². The van der Waals surface area contributed by atoms with E-state index < -0.39 is 6.09 Å². The molecule has 0 aliphatic rings. The lowest BCUT2D eigenvalue weighted by molar-refractivity contribution is 0.168. The van der Waals surface area contributed by atoms with Crippen LogP contribution in [0.3, 0.4) is 0 Å². The van der Waals surface area contributed by atoms with E-state index in [1.807, 2.05) is 36.6 Å². The third-order valence-electron chi connectivity index (χ3n) is 3.26. The minimum absolute atomic E-state index is 0.342. The smallest absolute Gasteiger partial charge is 0.411 e. The largest absolute Gasteiger partial charge is 0.450 e. The summed E-state index contributed by atoms with van der Waals surface area (Å²) in [5.74, 6) is 0.766. The Labute approximate surface area is 137 Å². The van der Waals surface area contributed by atoms with Gasteiger partial charge in [-0.2, -0.15) is 0 Å². The molecule has 3 aromatic rings. The molecule has 0 saturated heterocycles. The second-order valence-electron chi connectivity index (χ2n) is 4.86. The Kier molecular flexibility index (Phi) is 4.38. The number of carbonyl (C=O) groups excluding carboxylic acids is 1. The van der Waals surface area contributed by atoms with Crippen LogP contribution in [-0.4, -0.2) is 22.7 Å². The number of fused-ring (bicyclic) bond motifs is 1. The van der Waals surface area contributed by atoms with Crippen LogP contribution in [0, 0.1) is 6.92 Å². The molecular weight excluding hydrogens is 312 g/mol. The zero-order chi connectivity index (χ0) is 16.2. The quantitative estimate of drug-likeness (QED) is 0.746. The number of hydrogen-bond acceptors (Lipinski definition) is 6. The van der Waals surface area contributed by atoms with Crippen molar-refractivity contribution in [2.45, 2.75) is 13.8 Å². The van der Waals surface area contributed by atoms with Crippen LogP contribution in [0.4, 0.5) is 22.0 Å². The molecule has 23 heavy (non-hydrogen) atoms. The van der Waals surface area contributed by atoms with Gasteiger partial charge in [0, 0.05) is 11.4 Å². The molecule has 0 aliphatic heterocycles. The number of hydrogen-bond donors (Lipinski definition) is 2. The van der Waals surface area contributed by atoms with Crippen LogP contribution in [0.1, 0.15) is 12.5 Å². The van der Waals surface area contributed by atoms with Crippen molar-refractivity contribution in [2.75, 3.05) is 17.2 Å². The minimum atomic E-state index is -0.452. The molecule has 2 heterocycles. The molecule has 118 valence electrons. The number of aromatic nitrogens is 2. The van der Waals surface area contributed by atoms with Crippen molar-refractivity contribution in [3.8, 4) is 0 Å². The molecule has 6 nitrogen and oxygen atoms in total. The molecule has 0 aliphatic carbocycles. The molecule has 7 heteroatoms. The van der Waals surface area contributed by atoms with Gasteiger partial charge in [-0.1, -0.05) is 0 Å². The summed E-state index contributed by atoms with van der Waals surface area (Å²) in [6.07, 6.45) is 1.09. The van der Waals surface area contributed by atoms with Gasteiger partial charge in [0.1, 0.15) is 17.0 Å². The summed E-state index contributed by atoms with van der Waals surface area (Å²) in [5.41, 5.74) is 2.54. The number of ether oxygens (including phenoxy) is 1. The van der Waals surface area contributed by atoms with Gasteiger partial charge in [0.2, 0.25) is 0 Å². The summed E-state index contributed by atoms with van der Waals surface area (Å²) >= 11 is 1.58. The van der Waals surface area contributed by atoms with Crippen molar-refractivity contribution in [3.05, 3.63) is 41.5 Å². The monoisotopic (exact) mass is 328 g/mol. The number of benzene rings is 1. The van der Waals surface area contributed by atoms with Gasteiger partial charge in [0.05, 0.1) is 12.0 Å². The van der Waals surface area contributed by atoms with E-state index in [0.717, 1.165) is 33.0 Å². The second kappa shape index (κ2) is 6.62. The average molecular weight is 328 g/mol. The molecule has 0 atom stereocenters. The molecule has 1 aromatic carbocycles. The first-order valence-electron chi connectivity index (χ1n) is 7.17. The van der Waals surface area contributed by atoms with Crippen LogP contribution in [0.15, 0.2) is 36.0 Å². The van der Waals surface area contributed by atoms with Crippen molar-refractivity contribution in [1.82, 2.24) is 9.97 Å². The maximum atomic E-state index is 11.5. The van der Waals surface area contributed by atoms with Gasteiger partial charge in [-0.25, -0.2) is 14.8 Å². The van der Waals surface area contributed by atoms with Gasteiger partial charge in [-0.3, -0.25) is 5.32 Å². The number of aryl methyl sites for hydroxylation is 1. The highest BCUT2D eigenvalue weighted by molar-refractivity contribution is 7.16. The lowest BCUT2D eigenvalue weighted by Crippen LogP contribution is -2.14. The lowest BCUT2D eigenvalue weighted by atomic mass is 10.1. The fourth-order valence-corrected chi connectivity index (χ4v) is 2.92. The first-order valence-corrected chi connectivity index (χ1v) is 8.05. The number of thiophene rings is 1. The summed E-state index contributed by atoms with van der Waals surface area (Å²) < 4.78 is 4.88. The van der Waals surface area contributed by atoms with Crippen LogP contribution >= 0.6 is 11.3 Å². The van der Waals surface area contributed by atoms with Crippen molar-refractivity contribution >= 4 is 44.8 Å². The third kappa shape index (κ3) is 3.40. The summed E-state index contributed by atoms with van der Waals surface area (Å²) in [7, 11) is 0. The highest BCUT2D eigenvalue weighted by Crippen LogP contribution is 2.28. The molecule has 1 amide bonds. The molecule has 2 N–H and O–H groups in total. The SMILES string of the molecule is CCOC(=O)Nc1ccc(Nc2ncnc3sccc23)cc1C. The first kappa shape index (κ1) is 15.2. The summed E-state index contributed by atoms with van der Waals surface area (Å²) in [5, 5.41) is 8.98. The molecule has 0 bridgehead atoms. The maximum Gasteiger partial charge on any atom is 0.411 e. The molecule has 2 aromatic heterocycles. The molecule has 0 fully saturated rings. The minimum Gasteiger partial charge on any atom is -0.450 e. The summed E-state index contributed by atoms with van der Waals surface area (Å²) in [6.45, 7) is 4.04. The Balaban J connectivity index is 1.80. The predicted molar refractivity (Wildman–Crippen MR) is 92.5 cm³/mol. The number of anilines is 3. The van der Waals surface area contributed by atoms with E-state index in [9.17, 15) is 4.79 Å². The fourth-order valence-electron chi connectivity index (χ4n) is 2.19. The van der Waals surface area contributed by atoms with Crippen molar-refractivity contribution in [3.63, 3.8) is 0 Å². The van der Waals surface area contributed by atoms with E-state index in [4.69, 9.17) is 4.74 Å². The maximum absolute atomic E-state index is 11.5. The molecular formula is C16H16N4O2S. The number of amides is 1. The van der Waals surface area contributed by atoms with Gasteiger partial charge in [-0.15, -0.1) is 11.3 Å². The normalized spacial score (nSPS) is 10.5. The van der Waals surface area contributed by atoms with Crippen LogP contribution in [0.2, 0.25) is 0 Å². The lowest BCUT2D eigenvalue weighted by Gasteiger charge is -2.11. The summed E-state index contributed by atoms with van der Waals surface area (Å²) in [4.78, 5) is 21.0. The number of carbonyl (C=O) groups is 1. The Morgan fingerprint density at radius 1 is 1.30 bits per heavy atom. The van der Waals surface area contributed by atoms with E-state index in [1.54, 1.807) is 24.6 Å². The van der Waals surface area contributed by atoms with Gasteiger partial charge >= 0.3 is 6.09 Å². The Hall–Kier alpha value is -2.67. The second-order valence-corrected chi connectivity index (χ2v) is 5.76. The number of rotatable bonds is 4. The van der Waals surface area contributed by atoms with Gasteiger partial charge < -0.3 is 10.1 Å². The first-order chi connectivity index (χ1) is 11.2. The topological polar surface area (TPSA) is 76.1 Å². The Bertz CT molecular complexity index is 847. The molecule has 0 saturated carbocycles. The highest BCUT2D eigenvalue weighted by Gasteiger charge is 2.08. The van der Waals surface area contributed by atoms with E-state index >= 15 is 0 Å². The number of nitrogens with one attached hydrogen (secondary N) is 2. The molecule has 0 radical (unpaired) electrons. The van der Waals surface area contributed by atoms with Crippen molar-refractivity contribution in [1.29, 1.82) is 0 Å². The van der Waals surface area contributed by atoms with Gasteiger partial charge in [0.25, 0.3) is 0 Å². The zero-order valence-electron chi connectivity index (χ0n) is 12.8. The highest BCUT2D eigenvalue weighted by atomic mass is 32.1.